The number of rotatable bonds is 2. The minimum absolute atomic E-state index is 0.291. The molecule has 0 saturated heterocycles. The first-order valence-corrected chi connectivity index (χ1v) is 6.09. The number of aldehydes is 1. The number of carbonyl (C=O) groups excluding carboxylic acids is 1. The summed E-state index contributed by atoms with van der Waals surface area (Å²) in [7, 11) is 0. The monoisotopic (exact) mass is 216 g/mol. The zero-order valence-corrected chi connectivity index (χ0v) is 10.3. The van der Waals surface area contributed by atoms with E-state index in [1.54, 1.807) is 5.57 Å². The third-order valence-electron chi connectivity index (χ3n) is 4.16. The van der Waals surface area contributed by atoms with Gasteiger partial charge in [-0.15, -0.1) is 0 Å². The van der Waals surface area contributed by atoms with E-state index in [2.05, 4.69) is 26.5 Å². The maximum Gasteiger partial charge on any atom is 0.145 e. The van der Waals surface area contributed by atoms with E-state index in [0.717, 1.165) is 31.1 Å². The highest BCUT2D eigenvalue weighted by Crippen LogP contribution is 2.50. The third-order valence-corrected chi connectivity index (χ3v) is 4.16. The second-order valence-electron chi connectivity index (χ2n) is 5.40. The largest absolute Gasteiger partial charge is 0.298 e. The normalized spacial score (nSPS) is 29.5. The Labute approximate surface area is 97.9 Å². The third kappa shape index (κ3) is 1.79. The molecule has 0 amide bonds. The van der Waals surface area contributed by atoms with Crippen LogP contribution in [0.3, 0.4) is 0 Å². The molecule has 2 aliphatic rings. The zero-order chi connectivity index (χ0) is 11.8. The Morgan fingerprint density at radius 2 is 2.19 bits per heavy atom. The molecule has 2 rings (SSSR count). The summed E-state index contributed by atoms with van der Waals surface area (Å²) < 4.78 is 0. The first-order chi connectivity index (χ1) is 7.57. The zero-order valence-electron chi connectivity index (χ0n) is 10.3. The van der Waals surface area contributed by atoms with Gasteiger partial charge in [0.05, 0.1) is 0 Å². The summed E-state index contributed by atoms with van der Waals surface area (Å²) in [5.41, 5.74) is 5.52. The second kappa shape index (κ2) is 4.04. The Bertz CT molecular complexity index is 398. The van der Waals surface area contributed by atoms with Crippen molar-refractivity contribution in [2.75, 3.05) is 0 Å². The lowest BCUT2D eigenvalue weighted by Crippen LogP contribution is -2.13. The molecule has 0 N–H and O–H groups in total. The minimum Gasteiger partial charge on any atom is -0.298 e. The summed E-state index contributed by atoms with van der Waals surface area (Å²) in [6, 6.07) is 0. The lowest BCUT2D eigenvalue weighted by atomic mass is 9.79. The van der Waals surface area contributed by atoms with Crippen LogP contribution in [-0.2, 0) is 4.79 Å². The topological polar surface area (TPSA) is 17.1 Å². The lowest BCUT2D eigenvalue weighted by molar-refractivity contribution is -0.105. The van der Waals surface area contributed by atoms with Gasteiger partial charge in [0.25, 0.3) is 0 Å². The summed E-state index contributed by atoms with van der Waals surface area (Å²) >= 11 is 0. The van der Waals surface area contributed by atoms with E-state index >= 15 is 0 Å². The van der Waals surface area contributed by atoms with Crippen molar-refractivity contribution in [3.05, 3.63) is 34.9 Å². The van der Waals surface area contributed by atoms with Crippen LogP contribution < -0.4 is 0 Å². The Balaban J connectivity index is 2.36. The van der Waals surface area contributed by atoms with Gasteiger partial charge in [-0.05, 0) is 55.6 Å². The van der Waals surface area contributed by atoms with Crippen LogP contribution in [0.25, 0.3) is 0 Å². The number of allylic oxidation sites excluding steroid dienone is 5. The molecule has 0 spiro atoms. The van der Waals surface area contributed by atoms with Crippen LogP contribution in [0.2, 0.25) is 0 Å². The van der Waals surface area contributed by atoms with Crippen LogP contribution >= 0.6 is 0 Å². The standard InChI is InChI=1S/C15H20O/c1-11(2)13-7-9-15(3)8-6-12(10-16)4-5-14(13)15/h6,10H,1,4-5,7-9H2,2-3H3/t15-/m1/s1. The van der Waals surface area contributed by atoms with Crippen LogP contribution in [0.5, 0.6) is 0 Å². The Morgan fingerprint density at radius 1 is 1.44 bits per heavy atom. The number of hydrogen-bond acceptors (Lipinski definition) is 1. The maximum atomic E-state index is 10.9. The molecule has 1 nitrogen and oxygen atoms in total. The molecule has 0 bridgehead atoms. The van der Waals surface area contributed by atoms with E-state index < -0.39 is 0 Å². The first-order valence-electron chi connectivity index (χ1n) is 6.09. The molecule has 0 radical (unpaired) electrons. The highest BCUT2D eigenvalue weighted by Gasteiger charge is 2.36. The molecule has 2 aliphatic carbocycles. The summed E-state index contributed by atoms with van der Waals surface area (Å²) in [5, 5.41) is 0. The molecular formula is C15H20O. The molecule has 0 heterocycles. The van der Waals surface area contributed by atoms with E-state index in [4.69, 9.17) is 0 Å². The van der Waals surface area contributed by atoms with E-state index in [0.29, 0.717) is 5.41 Å². The fraction of sp³-hybridized carbons (Fsp3) is 0.533. The number of hydrogen-bond donors (Lipinski definition) is 0. The van der Waals surface area contributed by atoms with E-state index in [1.807, 2.05) is 0 Å². The molecule has 1 heteroatoms. The molecule has 16 heavy (non-hydrogen) atoms. The average molecular weight is 216 g/mol. The van der Waals surface area contributed by atoms with Crippen molar-refractivity contribution in [3.63, 3.8) is 0 Å². The van der Waals surface area contributed by atoms with Crippen LogP contribution in [0.15, 0.2) is 34.9 Å². The van der Waals surface area contributed by atoms with E-state index in [-0.39, 0.29) is 0 Å². The Hall–Kier alpha value is -1.11. The van der Waals surface area contributed by atoms with Crippen LogP contribution in [-0.4, -0.2) is 6.29 Å². The van der Waals surface area contributed by atoms with Crippen molar-refractivity contribution in [2.45, 2.75) is 46.0 Å². The molecule has 0 aromatic rings. The van der Waals surface area contributed by atoms with Crippen LogP contribution in [0, 0.1) is 5.41 Å². The summed E-state index contributed by atoms with van der Waals surface area (Å²) in [4.78, 5) is 10.9. The highest BCUT2D eigenvalue weighted by molar-refractivity contribution is 5.73. The first kappa shape index (κ1) is 11.4. The van der Waals surface area contributed by atoms with Gasteiger partial charge in [-0.1, -0.05) is 30.7 Å². The summed E-state index contributed by atoms with van der Waals surface area (Å²) in [5.74, 6) is 0. The molecule has 0 aliphatic heterocycles. The number of carbonyl (C=O) groups is 1. The van der Waals surface area contributed by atoms with Gasteiger partial charge in [0, 0.05) is 0 Å². The van der Waals surface area contributed by atoms with Crippen molar-refractivity contribution in [1.29, 1.82) is 0 Å². The molecular weight excluding hydrogens is 196 g/mol. The molecule has 0 fully saturated rings. The van der Waals surface area contributed by atoms with Gasteiger partial charge in [-0.25, -0.2) is 0 Å². The van der Waals surface area contributed by atoms with Crippen molar-refractivity contribution in [1.82, 2.24) is 0 Å². The predicted molar refractivity (Wildman–Crippen MR) is 67.2 cm³/mol. The van der Waals surface area contributed by atoms with Crippen molar-refractivity contribution >= 4 is 6.29 Å². The quantitative estimate of drug-likeness (QED) is 0.638. The second-order valence-corrected chi connectivity index (χ2v) is 5.40. The smallest absolute Gasteiger partial charge is 0.145 e. The molecule has 0 aromatic heterocycles. The van der Waals surface area contributed by atoms with Gasteiger partial charge < -0.3 is 0 Å². The molecule has 86 valence electrons. The minimum atomic E-state index is 0.291. The Kier molecular flexibility index (Phi) is 2.88. The van der Waals surface area contributed by atoms with Gasteiger partial charge in [0.1, 0.15) is 6.29 Å². The lowest BCUT2D eigenvalue weighted by Gasteiger charge is -2.25. The summed E-state index contributed by atoms with van der Waals surface area (Å²) in [6.07, 6.45) is 8.52. The molecule has 0 aromatic carbocycles. The van der Waals surface area contributed by atoms with Crippen molar-refractivity contribution < 1.29 is 4.79 Å². The SMILES string of the molecule is C=C(C)C1=C2CCC(C=O)=CC[C@]2(C)CC1. The predicted octanol–water partition coefficient (Wildman–Crippen LogP) is 3.97. The van der Waals surface area contributed by atoms with Gasteiger partial charge in [0.15, 0.2) is 0 Å². The van der Waals surface area contributed by atoms with Gasteiger partial charge in [-0.3, -0.25) is 4.79 Å². The van der Waals surface area contributed by atoms with Crippen molar-refractivity contribution in [3.8, 4) is 0 Å². The van der Waals surface area contributed by atoms with E-state index in [9.17, 15) is 4.79 Å². The number of fused-ring (bicyclic) bond motifs is 1. The highest BCUT2D eigenvalue weighted by atomic mass is 16.1. The maximum absolute atomic E-state index is 10.9. The fourth-order valence-electron chi connectivity index (χ4n) is 3.05. The average Bonchev–Trinajstić information content (AvgIpc) is 2.48. The molecule has 0 unspecified atom stereocenters. The van der Waals surface area contributed by atoms with Gasteiger partial charge >= 0.3 is 0 Å². The van der Waals surface area contributed by atoms with Crippen LogP contribution in [0.1, 0.15) is 46.0 Å². The molecule has 1 atom stereocenters. The fourth-order valence-corrected chi connectivity index (χ4v) is 3.05. The molecule has 0 saturated carbocycles. The Morgan fingerprint density at radius 3 is 2.81 bits per heavy atom. The van der Waals surface area contributed by atoms with E-state index in [1.165, 1.54) is 24.0 Å². The van der Waals surface area contributed by atoms with Gasteiger partial charge in [-0.2, -0.15) is 0 Å². The van der Waals surface area contributed by atoms with Crippen LogP contribution in [0.4, 0.5) is 0 Å². The van der Waals surface area contributed by atoms with Crippen molar-refractivity contribution in [2.24, 2.45) is 5.41 Å². The van der Waals surface area contributed by atoms with Gasteiger partial charge in [0.2, 0.25) is 0 Å². The summed E-state index contributed by atoms with van der Waals surface area (Å²) in [6.45, 7) is 8.52.